The van der Waals surface area contributed by atoms with Crippen molar-refractivity contribution in [2.24, 2.45) is 0 Å². The number of halogens is 1. The molecular formula is C20H16ClN7O. The molecule has 0 aliphatic rings. The van der Waals surface area contributed by atoms with Gasteiger partial charge in [-0.05, 0) is 31.2 Å². The molecule has 0 saturated carbocycles. The Hall–Kier alpha value is -3.65. The molecule has 1 atom stereocenters. The Balaban J connectivity index is 1.69. The van der Waals surface area contributed by atoms with E-state index in [-0.39, 0.29) is 11.7 Å². The predicted octanol–water partition coefficient (Wildman–Crippen LogP) is 3.58. The van der Waals surface area contributed by atoms with Crippen LogP contribution in [-0.2, 0) is 0 Å². The maximum absolute atomic E-state index is 13.3. The molecule has 0 bridgehead atoms. The van der Waals surface area contributed by atoms with Gasteiger partial charge in [0.05, 0.1) is 34.3 Å². The van der Waals surface area contributed by atoms with Crippen LogP contribution in [0.1, 0.15) is 18.7 Å². The van der Waals surface area contributed by atoms with Crippen LogP contribution in [0.15, 0.2) is 66.1 Å². The van der Waals surface area contributed by atoms with Crippen molar-refractivity contribution in [3.05, 3.63) is 82.5 Å². The highest BCUT2D eigenvalue weighted by atomic mass is 35.5. The average molecular weight is 406 g/mol. The highest BCUT2D eigenvalue weighted by Crippen LogP contribution is 2.26. The molecule has 0 spiro atoms. The zero-order valence-corrected chi connectivity index (χ0v) is 16.1. The summed E-state index contributed by atoms with van der Waals surface area (Å²) < 4.78 is 3.21. The zero-order chi connectivity index (χ0) is 20.0. The number of benzene rings is 1. The van der Waals surface area contributed by atoms with E-state index in [1.54, 1.807) is 27.6 Å². The third-order valence-electron chi connectivity index (χ3n) is 4.84. The summed E-state index contributed by atoms with van der Waals surface area (Å²) >= 11 is 6.32. The number of H-pyrrole nitrogens is 1. The van der Waals surface area contributed by atoms with Gasteiger partial charge in [0.1, 0.15) is 11.8 Å². The van der Waals surface area contributed by atoms with E-state index in [2.05, 4.69) is 25.3 Å². The van der Waals surface area contributed by atoms with Crippen LogP contribution in [0, 0.1) is 0 Å². The fourth-order valence-electron chi connectivity index (χ4n) is 3.45. The summed E-state index contributed by atoms with van der Waals surface area (Å²) in [5.74, 6) is 0.581. The van der Waals surface area contributed by atoms with Crippen molar-refractivity contribution in [3.8, 4) is 5.69 Å². The van der Waals surface area contributed by atoms with E-state index in [0.29, 0.717) is 27.5 Å². The lowest BCUT2D eigenvalue weighted by atomic mass is 10.2. The van der Waals surface area contributed by atoms with Crippen LogP contribution in [0.2, 0.25) is 5.02 Å². The molecule has 9 heteroatoms. The van der Waals surface area contributed by atoms with Gasteiger partial charge in [-0.1, -0.05) is 29.8 Å². The van der Waals surface area contributed by atoms with Gasteiger partial charge in [0.2, 0.25) is 0 Å². The fraction of sp³-hybridized carbons (Fsp3) is 0.100. The highest BCUT2D eigenvalue weighted by Gasteiger charge is 2.19. The number of nitrogens with zero attached hydrogens (tertiary/aromatic N) is 5. The van der Waals surface area contributed by atoms with Crippen molar-refractivity contribution < 1.29 is 0 Å². The molecule has 144 valence electrons. The summed E-state index contributed by atoms with van der Waals surface area (Å²) in [5.41, 5.74) is 3.24. The van der Waals surface area contributed by atoms with Crippen molar-refractivity contribution in [2.75, 3.05) is 5.32 Å². The lowest BCUT2D eigenvalue weighted by Gasteiger charge is -2.21. The monoisotopic (exact) mass is 405 g/mol. The summed E-state index contributed by atoms with van der Waals surface area (Å²) in [6, 6.07) is 12.9. The Kier molecular flexibility index (Phi) is 4.06. The summed E-state index contributed by atoms with van der Waals surface area (Å²) in [4.78, 5) is 29.0. The van der Waals surface area contributed by atoms with Crippen LogP contribution in [0.4, 0.5) is 5.82 Å². The number of nitrogens with one attached hydrogen (secondary N) is 2. The number of fused-ring (bicyclic) bond motifs is 2. The Morgan fingerprint density at radius 3 is 2.79 bits per heavy atom. The van der Waals surface area contributed by atoms with Gasteiger partial charge in [-0.3, -0.25) is 8.97 Å². The quantitative estimate of drug-likeness (QED) is 0.476. The zero-order valence-electron chi connectivity index (χ0n) is 15.4. The molecule has 2 N–H and O–H groups in total. The summed E-state index contributed by atoms with van der Waals surface area (Å²) in [7, 11) is 0. The minimum atomic E-state index is -0.270. The predicted molar refractivity (Wildman–Crippen MR) is 112 cm³/mol. The fourth-order valence-corrected chi connectivity index (χ4v) is 3.66. The van der Waals surface area contributed by atoms with Gasteiger partial charge in [-0.15, -0.1) is 0 Å². The first-order chi connectivity index (χ1) is 14.1. The molecule has 4 heterocycles. The van der Waals surface area contributed by atoms with Gasteiger partial charge in [-0.2, -0.15) is 0 Å². The molecule has 0 aliphatic heterocycles. The standard InChI is InChI=1S/C20H16ClN7O/c1-12(26-19-17-18(23-10-22-17)24-11-25-19)15-9-16-14(21)7-8-27(16)20(29)28(15)13-5-3-2-4-6-13/h2-12H,1H3,(H2,22,23,24,25,26). The molecule has 0 fully saturated rings. The van der Waals surface area contributed by atoms with Crippen LogP contribution >= 0.6 is 11.6 Å². The van der Waals surface area contributed by atoms with Gasteiger partial charge in [0.15, 0.2) is 11.5 Å². The van der Waals surface area contributed by atoms with E-state index in [1.165, 1.54) is 6.33 Å². The van der Waals surface area contributed by atoms with E-state index < -0.39 is 0 Å². The normalized spacial score (nSPS) is 12.5. The lowest BCUT2D eigenvalue weighted by molar-refractivity contribution is 0.740. The molecule has 4 aromatic heterocycles. The van der Waals surface area contributed by atoms with Crippen LogP contribution in [0.25, 0.3) is 22.4 Å². The number of imidazole rings is 1. The smallest absolute Gasteiger partial charge is 0.337 e. The molecule has 1 unspecified atom stereocenters. The van der Waals surface area contributed by atoms with Crippen LogP contribution in [-0.4, -0.2) is 28.9 Å². The van der Waals surface area contributed by atoms with E-state index in [1.807, 2.05) is 43.3 Å². The van der Waals surface area contributed by atoms with Crippen molar-refractivity contribution >= 4 is 34.1 Å². The SMILES string of the molecule is CC(Nc1ncnc2[nH]cnc12)c1cc2c(Cl)ccn2c(=O)n1-c1ccccc1. The molecule has 0 radical (unpaired) electrons. The number of para-hydroxylation sites is 1. The van der Waals surface area contributed by atoms with Gasteiger partial charge >= 0.3 is 5.69 Å². The van der Waals surface area contributed by atoms with Crippen molar-refractivity contribution in [3.63, 3.8) is 0 Å². The second-order valence-corrected chi connectivity index (χ2v) is 7.04. The Morgan fingerprint density at radius 2 is 1.97 bits per heavy atom. The molecule has 1 aromatic carbocycles. The molecule has 0 aliphatic carbocycles. The summed E-state index contributed by atoms with van der Waals surface area (Å²) in [6.45, 7) is 1.96. The number of anilines is 1. The topological polar surface area (TPSA) is 92.9 Å². The first-order valence-corrected chi connectivity index (χ1v) is 9.40. The summed E-state index contributed by atoms with van der Waals surface area (Å²) in [5, 5.41) is 3.88. The van der Waals surface area contributed by atoms with E-state index in [0.717, 1.165) is 11.4 Å². The molecule has 0 amide bonds. The van der Waals surface area contributed by atoms with Crippen molar-refractivity contribution in [2.45, 2.75) is 13.0 Å². The van der Waals surface area contributed by atoms with Crippen molar-refractivity contribution in [1.82, 2.24) is 28.9 Å². The van der Waals surface area contributed by atoms with Gasteiger partial charge in [0, 0.05) is 6.20 Å². The molecule has 5 aromatic rings. The Morgan fingerprint density at radius 1 is 1.14 bits per heavy atom. The molecule has 29 heavy (non-hydrogen) atoms. The van der Waals surface area contributed by atoms with Gasteiger partial charge in [-0.25, -0.2) is 19.7 Å². The molecular weight excluding hydrogens is 390 g/mol. The number of hydrogen-bond donors (Lipinski definition) is 2. The van der Waals surface area contributed by atoms with E-state index >= 15 is 0 Å². The van der Waals surface area contributed by atoms with Crippen LogP contribution in [0.5, 0.6) is 0 Å². The number of aromatic amines is 1. The largest absolute Gasteiger partial charge is 0.360 e. The third kappa shape index (κ3) is 2.85. The van der Waals surface area contributed by atoms with Crippen LogP contribution < -0.4 is 11.0 Å². The van der Waals surface area contributed by atoms with Gasteiger partial charge in [0.25, 0.3) is 0 Å². The molecule has 5 rings (SSSR count). The second-order valence-electron chi connectivity index (χ2n) is 6.63. The third-order valence-corrected chi connectivity index (χ3v) is 5.16. The highest BCUT2D eigenvalue weighted by molar-refractivity contribution is 6.33. The Bertz CT molecular complexity index is 1390. The average Bonchev–Trinajstić information content (AvgIpc) is 3.36. The van der Waals surface area contributed by atoms with E-state index in [9.17, 15) is 4.79 Å². The first kappa shape index (κ1) is 17.4. The van der Waals surface area contributed by atoms with Gasteiger partial charge < -0.3 is 10.3 Å². The van der Waals surface area contributed by atoms with E-state index in [4.69, 9.17) is 11.6 Å². The Labute approximate surface area is 169 Å². The minimum absolute atomic E-state index is 0.197. The van der Waals surface area contributed by atoms with Crippen LogP contribution in [0.3, 0.4) is 0 Å². The molecule has 0 saturated heterocycles. The maximum Gasteiger partial charge on any atom is 0.337 e. The van der Waals surface area contributed by atoms with Crippen molar-refractivity contribution in [1.29, 1.82) is 0 Å². The number of hydrogen-bond acceptors (Lipinski definition) is 5. The number of aromatic nitrogens is 6. The second kappa shape index (κ2) is 6.75. The molecule has 8 nitrogen and oxygen atoms in total. The minimum Gasteiger partial charge on any atom is -0.360 e. The first-order valence-electron chi connectivity index (χ1n) is 9.02. The number of rotatable bonds is 4. The maximum atomic E-state index is 13.3. The lowest BCUT2D eigenvalue weighted by Crippen LogP contribution is -2.29. The summed E-state index contributed by atoms with van der Waals surface area (Å²) in [6.07, 6.45) is 4.72.